The highest BCUT2D eigenvalue weighted by molar-refractivity contribution is 6.01. The number of hydrogen-bond donors (Lipinski definition) is 2. The van der Waals surface area contributed by atoms with Crippen molar-refractivity contribution in [3.63, 3.8) is 0 Å². The fraction of sp³-hybridized carbons (Fsp3) is 0.100. The van der Waals surface area contributed by atoms with Crippen LogP contribution in [0.15, 0.2) is 65.3 Å². The largest absolute Gasteiger partial charge is 0.463 e. The molecule has 2 N–H and O–H groups in total. The number of aromatic nitrogens is 1. The smallest absolute Gasteiger partial charge is 0.268 e. The molecule has 0 unspecified atom stereocenters. The number of benzene rings is 2. The minimum atomic E-state index is -0.326. The van der Waals surface area contributed by atoms with Crippen LogP contribution < -0.4 is 10.6 Å². The van der Waals surface area contributed by atoms with Crippen molar-refractivity contribution in [3.8, 4) is 0 Å². The van der Waals surface area contributed by atoms with Gasteiger partial charge in [0.2, 0.25) is 5.91 Å². The summed E-state index contributed by atoms with van der Waals surface area (Å²) >= 11 is 0. The maximum Gasteiger partial charge on any atom is 0.268 e. The number of hydrogen-bond acceptors (Lipinski definition) is 3. The first-order chi connectivity index (χ1) is 12.6. The Kier molecular flexibility index (Phi) is 3.93. The minimum absolute atomic E-state index is 0.113. The van der Waals surface area contributed by atoms with Gasteiger partial charge in [0.15, 0.2) is 5.58 Å². The summed E-state index contributed by atoms with van der Waals surface area (Å²) in [6, 6.07) is 17.1. The Morgan fingerprint density at radius 1 is 1.04 bits per heavy atom. The number of fused-ring (bicyclic) bond motifs is 2. The lowest BCUT2D eigenvalue weighted by Gasteiger charge is -2.08. The van der Waals surface area contributed by atoms with Crippen LogP contribution in [0.4, 0.5) is 5.69 Å². The zero-order valence-electron chi connectivity index (χ0n) is 14.2. The second-order valence-electron chi connectivity index (χ2n) is 6.05. The Morgan fingerprint density at radius 2 is 1.85 bits per heavy atom. The van der Waals surface area contributed by atoms with Gasteiger partial charge in [0, 0.05) is 24.9 Å². The molecule has 0 aliphatic rings. The first kappa shape index (κ1) is 16.0. The highest BCUT2D eigenvalue weighted by atomic mass is 16.3. The van der Waals surface area contributed by atoms with Gasteiger partial charge >= 0.3 is 0 Å². The third-order valence-electron chi connectivity index (χ3n) is 4.34. The first-order valence-corrected chi connectivity index (χ1v) is 8.21. The highest BCUT2D eigenvalue weighted by Crippen LogP contribution is 2.20. The minimum Gasteiger partial charge on any atom is -0.463 e. The summed E-state index contributed by atoms with van der Waals surface area (Å²) < 4.78 is 7.02. The summed E-state index contributed by atoms with van der Waals surface area (Å²) in [4.78, 5) is 24.5. The molecule has 130 valence electrons. The lowest BCUT2D eigenvalue weighted by atomic mass is 10.1. The van der Waals surface area contributed by atoms with Gasteiger partial charge in [-0.05, 0) is 22.9 Å². The Labute approximate surface area is 149 Å². The number of carbonyl (C=O) groups excluding carboxylic acids is 2. The van der Waals surface area contributed by atoms with E-state index in [-0.39, 0.29) is 18.4 Å². The molecule has 4 rings (SSSR count). The summed E-state index contributed by atoms with van der Waals surface area (Å²) in [5, 5.41) is 7.58. The number of nitrogens with zero attached hydrogens (tertiary/aromatic N) is 1. The summed E-state index contributed by atoms with van der Waals surface area (Å²) in [7, 11) is 1.78. The van der Waals surface area contributed by atoms with Gasteiger partial charge in [-0.2, -0.15) is 0 Å². The van der Waals surface area contributed by atoms with E-state index in [2.05, 4.69) is 10.6 Å². The lowest BCUT2D eigenvalue weighted by molar-refractivity contribution is -0.115. The second kappa shape index (κ2) is 6.40. The van der Waals surface area contributed by atoms with Gasteiger partial charge in [-0.3, -0.25) is 9.59 Å². The third kappa shape index (κ3) is 2.93. The number of carbonyl (C=O) groups is 2. The Balaban J connectivity index is 1.40. The predicted octanol–water partition coefficient (Wildman–Crippen LogP) is 3.29. The van der Waals surface area contributed by atoms with Crippen LogP contribution in [-0.2, 0) is 11.8 Å². The molecule has 0 bridgehead atoms. The van der Waals surface area contributed by atoms with Crippen molar-refractivity contribution in [2.75, 3.05) is 11.9 Å². The molecule has 2 aromatic heterocycles. The van der Waals surface area contributed by atoms with Gasteiger partial charge in [-0.15, -0.1) is 0 Å². The molecule has 0 aliphatic carbocycles. The average molecular weight is 347 g/mol. The molecule has 0 fully saturated rings. The average Bonchev–Trinajstić information content (AvgIpc) is 3.23. The molecule has 2 amide bonds. The molecule has 2 aromatic carbocycles. The number of aryl methyl sites for hydroxylation is 1. The SMILES string of the molecule is Cn1c(C(=O)NCC(=O)Nc2ccc3ccccc3c2)cc2occc21. The summed E-state index contributed by atoms with van der Waals surface area (Å²) in [6.07, 6.45) is 1.57. The summed E-state index contributed by atoms with van der Waals surface area (Å²) in [5.74, 6) is -0.612. The van der Waals surface area contributed by atoms with Crippen LogP contribution in [0.2, 0.25) is 0 Å². The monoisotopic (exact) mass is 347 g/mol. The number of nitrogens with one attached hydrogen (secondary N) is 2. The molecular weight excluding hydrogens is 330 g/mol. The molecule has 0 spiro atoms. The van der Waals surface area contributed by atoms with Gasteiger partial charge in [0.25, 0.3) is 5.91 Å². The third-order valence-corrected chi connectivity index (χ3v) is 4.34. The zero-order chi connectivity index (χ0) is 18.1. The van der Waals surface area contributed by atoms with Crippen molar-refractivity contribution in [3.05, 3.63) is 66.6 Å². The Hall–Kier alpha value is -3.54. The number of amides is 2. The van der Waals surface area contributed by atoms with Gasteiger partial charge in [-0.1, -0.05) is 30.3 Å². The van der Waals surface area contributed by atoms with Crippen LogP contribution in [-0.4, -0.2) is 22.9 Å². The van der Waals surface area contributed by atoms with E-state index in [0.717, 1.165) is 16.3 Å². The van der Waals surface area contributed by atoms with Crippen LogP contribution >= 0.6 is 0 Å². The molecule has 0 saturated carbocycles. The molecule has 26 heavy (non-hydrogen) atoms. The van der Waals surface area contributed by atoms with E-state index in [1.165, 1.54) is 0 Å². The second-order valence-corrected chi connectivity index (χ2v) is 6.05. The van der Waals surface area contributed by atoms with E-state index in [4.69, 9.17) is 4.42 Å². The summed E-state index contributed by atoms with van der Waals surface area (Å²) in [6.45, 7) is -0.113. The van der Waals surface area contributed by atoms with Gasteiger partial charge in [0.1, 0.15) is 5.69 Å². The fourth-order valence-electron chi connectivity index (χ4n) is 2.99. The van der Waals surface area contributed by atoms with E-state index in [9.17, 15) is 9.59 Å². The van der Waals surface area contributed by atoms with E-state index in [1.54, 1.807) is 30.0 Å². The quantitative estimate of drug-likeness (QED) is 0.595. The molecule has 4 aromatic rings. The zero-order valence-corrected chi connectivity index (χ0v) is 14.2. The van der Waals surface area contributed by atoms with Crippen LogP contribution in [0.25, 0.3) is 21.9 Å². The molecule has 2 heterocycles. The molecule has 6 heteroatoms. The predicted molar refractivity (Wildman–Crippen MR) is 100 cm³/mol. The van der Waals surface area contributed by atoms with Crippen LogP contribution in [0.1, 0.15) is 10.5 Å². The molecule has 0 saturated heterocycles. The van der Waals surface area contributed by atoms with Crippen molar-refractivity contribution >= 4 is 39.4 Å². The molecule has 0 aliphatic heterocycles. The fourth-order valence-corrected chi connectivity index (χ4v) is 2.99. The van der Waals surface area contributed by atoms with Crippen LogP contribution in [0.5, 0.6) is 0 Å². The maximum atomic E-state index is 12.3. The Morgan fingerprint density at radius 3 is 2.65 bits per heavy atom. The standard InChI is InChI=1S/C20H17N3O3/c1-23-16-8-9-26-18(16)11-17(23)20(25)21-12-19(24)22-15-7-6-13-4-2-3-5-14(13)10-15/h2-11H,12H2,1H3,(H,21,25)(H,22,24). The maximum absolute atomic E-state index is 12.3. The number of rotatable bonds is 4. The van der Waals surface area contributed by atoms with E-state index < -0.39 is 0 Å². The van der Waals surface area contributed by atoms with Gasteiger partial charge < -0.3 is 19.6 Å². The van der Waals surface area contributed by atoms with Gasteiger partial charge in [0.05, 0.1) is 18.3 Å². The van der Waals surface area contributed by atoms with Crippen LogP contribution in [0.3, 0.4) is 0 Å². The van der Waals surface area contributed by atoms with Crippen molar-refractivity contribution in [2.45, 2.75) is 0 Å². The Bertz CT molecular complexity index is 1120. The van der Waals surface area contributed by atoms with E-state index in [1.807, 2.05) is 42.5 Å². The molecule has 0 atom stereocenters. The van der Waals surface area contributed by atoms with Crippen molar-refractivity contribution in [1.29, 1.82) is 0 Å². The first-order valence-electron chi connectivity index (χ1n) is 8.21. The lowest BCUT2D eigenvalue weighted by Crippen LogP contribution is -2.33. The van der Waals surface area contributed by atoms with Crippen molar-refractivity contribution in [2.24, 2.45) is 7.05 Å². The number of anilines is 1. The molecular formula is C20H17N3O3. The summed E-state index contributed by atoms with van der Waals surface area (Å²) in [5.41, 5.74) is 2.60. The van der Waals surface area contributed by atoms with Gasteiger partial charge in [-0.25, -0.2) is 0 Å². The van der Waals surface area contributed by atoms with Crippen LogP contribution in [0, 0.1) is 0 Å². The highest BCUT2D eigenvalue weighted by Gasteiger charge is 2.15. The molecule has 0 radical (unpaired) electrons. The van der Waals surface area contributed by atoms with E-state index >= 15 is 0 Å². The normalized spacial score (nSPS) is 11.0. The topological polar surface area (TPSA) is 76.3 Å². The van der Waals surface area contributed by atoms with E-state index in [0.29, 0.717) is 17.0 Å². The van der Waals surface area contributed by atoms with Crippen molar-refractivity contribution in [1.82, 2.24) is 9.88 Å². The number of furan rings is 1. The van der Waals surface area contributed by atoms with Crippen molar-refractivity contribution < 1.29 is 14.0 Å². The molecule has 6 nitrogen and oxygen atoms in total.